The van der Waals surface area contributed by atoms with Crippen LogP contribution in [0.1, 0.15) is 30.0 Å². The molecule has 12 nitrogen and oxygen atoms in total. The topological polar surface area (TPSA) is 89.3 Å². The Bertz CT molecular complexity index is 2500. The van der Waals surface area contributed by atoms with Crippen LogP contribution in [0.2, 0.25) is 0 Å². The lowest BCUT2D eigenvalue weighted by atomic mass is 10.1. The van der Waals surface area contributed by atoms with Gasteiger partial charge in [0.2, 0.25) is 5.52 Å². The number of rotatable bonds is 28. The zero-order chi connectivity index (χ0) is 49.0. The van der Waals surface area contributed by atoms with E-state index in [4.69, 9.17) is 28.4 Å². The maximum atomic E-state index is 13.7. The summed E-state index contributed by atoms with van der Waals surface area (Å²) in [5.74, 6) is 0.590. The van der Waals surface area contributed by atoms with Gasteiger partial charge in [-0.25, -0.2) is 0 Å². The molecule has 0 fully saturated rings. The lowest BCUT2D eigenvalue weighted by Gasteiger charge is -2.26. The fourth-order valence-electron chi connectivity index (χ4n) is 7.93. The summed E-state index contributed by atoms with van der Waals surface area (Å²) in [6.07, 6.45) is 12.4. The molecule has 69 heavy (non-hydrogen) atoms. The number of nitrogens with zero attached hydrogens (tertiary/aromatic N) is 5. The van der Waals surface area contributed by atoms with E-state index in [1.165, 1.54) is 30.8 Å². The first-order chi connectivity index (χ1) is 33.6. The molecule has 1 amide bonds. The molecule has 6 rings (SSSR count). The molecule has 0 aliphatic carbocycles. The summed E-state index contributed by atoms with van der Waals surface area (Å²) in [6, 6.07) is 29.1. The monoisotopic (exact) mass is 976 g/mol. The molecule has 368 valence electrons. The fourth-order valence-corrected chi connectivity index (χ4v) is 10.2. The van der Waals surface area contributed by atoms with E-state index in [0.717, 1.165) is 52.7 Å². The van der Waals surface area contributed by atoms with Gasteiger partial charge >= 0.3 is 0 Å². The molecule has 2 heterocycles. The molecule has 0 radical (unpaired) electrons. The number of aryl methyl sites for hydroxylation is 3. The minimum absolute atomic E-state index is 0.0794. The Morgan fingerprint density at radius 1 is 0.681 bits per heavy atom. The van der Waals surface area contributed by atoms with Gasteiger partial charge in [-0.1, -0.05) is 59.5 Å². The van der Waals surface area contributed by atoms with Gasteiger partial charge in [-0.15, -0.1) is 0 Å². The minimum atomic E-state index is -0.156. The largest absolute Gasteiger partial charge is 0.491 e. The number of anilines is 5. The Morgan fingerprint density at radius 2 is 1.25 bits per heavy atom. The molecule has 14 heteroatoms. The summed E-state index contributed by atoms with van der Waals surface area (Å²) < 4.78 is 38.5. The number of fused-ring (bicyclic) bond motifs is 2. The van der Waals surface area contributed by atoms with Crippen molar-refractivity contribution in [3.63, 3.8) is 0 Å². The van der Waals surface area contributed by atoms with Crippen LogP contribution in [-0.2, 0) is 39.8 Å². The van der Waals surface area contributed by atoms with E-state index in [2.05, 4.69) is 120 Å². The van der Waals surface area contributed by atoms with Gasteiger partial charge in [0.1, 0.15) is 30.2 Å². The number of allylic oxidation sites excluding steroid dienone is 5. The molecule has 0 N–H and O–H groups in total. The van der Waals surface area contributed by atoms with Crippen molar-refractivity contribution in [3.05, 3.63) is 142 Å². The molecule has 0 saturated heterocycles. The van der Waals surface area contributed by atoms with Crippen LogP contribution in [0.3, 0.4) is 0 Å². The van der Waals surface area contributed by atoms with Crippen LogP contribution >= 0.6 is 23.1 Å². The molecule has 1 aromatic heterocycles. The maximum absolute atomic E-state index is 13.7. The second-order valence-corrected chi connectivity index (χ2v) is 18.7. The van der Waals surface area contributed by atoms with Gasteiger partial charge in [-0.05, 0) is 112 Å². The van der Waals surface area contributed by atoms with Crippen LogP contribution in [0.15, 0.2) is 131 Å². The second-order valence-electron chi connectivity index (χ2n) is 16.6. The summed E-state index contributed by atoms with van der Waals surface area (Å²) in [5, 5.41) is 2.37. The number of carbonyl (C=O) groups excluding carboxylic acids is 1. The number of amides is 1. The average molecular weight is 977 g/mol. The summed E-state index contributed by atoms with van der Waals surface area (Å²) >= 11 is 3.57. The van der Waals surface area contributed by atoms with Crippen molar-refractivity contribution >= 4 is 73.7 Å². The third kappa shape index (κ3) is 15.3. The molecule has 1 aliphatic heterocycles. The van der Waals surface area contributed by atoms with E-state index in [-0.39, 0.29) is 19.1 Å². The molecule has 0 unspecified atom stereocenters. The highest BCUT2D eigenvalue weighted by molar-refractivity contribution is 8.03. The summed E-state index contributed by atoms with van der Waals surface area (Å²) in [4.78, 5) is 23.1. The number of hydrogen-bond acceptors (Lipinski definition) is 12. The van der Waals surface area contributed by atoms with Gasteiger partial charge < -0.3 is 43.1 Å². The molecule has 1 aliphatic rings. The molecule has 0 atom stereocenters. The van der Waals surface area contributed by atoms with E-state index in [1.54, 1.807) is 28.0 Å². The number of thioether (sulfide) groups is 1. The van der Waals surface area contributed by atoms with E-state index >= 15 is 0 Å². The van der Waals surface area contributed by atoms with Gasteiger partial charge in [0, 0.05) is 74.5 Å². The smallest absolute Gasteiger partial charge is 0.262 e. The molecule has 0 bridgehead atoms. The highest BCUT2D eigenvalue weighted by atomic mass is 32.2. The molecule has 0 saturated carbocycles. The first-order valence-electron chi connectivity index (χ1n) is 23.7. The zero-order valence-electron chi connectivity index (χ0n) is 41.6. The van der Waals surface area contributed by atoms with Crippen LogP contribution in [0.5, 0.6) is 0 Å². The average Bonchev–Trinajstić information content (AvgIpc) is 3.89. The molecular formula is C55H70N5O7S2+. The van der Waals surface area contributed by atoms with Crippen molar-refractivity contribution in [3.8, 4) is 0 Å². The van der Waals surface area contributed by atoms with Crippen molar-refractivity contribution in [2.24, 2.45) is 0 Å². The highest BCUT2D eigenvalue weighted by Crippen LogP contribution is 2.45. The number of aromatic nitrogens is 1. The number of carbonyl (C=O) groups is 1. The SMILES string of the molecule is CCN1C(=CC=CC(=CC=Cc2sc3ccccc3[n+]2CC)OCCOCCOCCOCCOCCOCC(=O)N(c2ccc(N(C)C)c(C)c2)c2ccc(N(C)C)c(C)c2)Sc2ccccc21. The molecule has 0 spiro atoms. The Kier molecular flexibility index (Phi) is 21.2. The third-order valence-electron chi connectivity index (χ3n) is 11.2. The second kappa shape index (κ2) is 27.7. The quantitative estimate of drug-likeness (QED) is 0.0208. The number of benzene rings is 4. The Labute approximate surface area is 418 Å². The van der Waals surface area contributed by atoms with Crippen molar-refractivity contribution in [2.45, 2.75) is 39.1 Å². The van der Waals surface area contributed by atoms with Crippen molar-refractivity contribution in [1.29, 1.82) is 0 Å². The lowest BCUT2D eigenvalue weighted by molar-refractivity contribution is -0.665. The van der Waals surface area contributed by atoms with Crippen LogP contribution in [0.25, 0.3) is 16.3 Å². The maximum Gasteiger partial charge on any atom is 0.262 e. The molecule has 4 aromatic carbocycles. The van der Waals surface area contributed by atoms with Gasteiger partial charge in [-0.3, -0.25) is 9.69 Å². The van der Waals surface area contributed by atoms with Crippen molar-refractivity contribution in [1.82, 2.24) is 0 Å². The predicted octanol–water partition coefficient (Wildman–Crippen LogP) is 10.3. The predicted molar refractivity (Wildman–Crippen MR) is 286 cm³/mol. The third-order valence-corrected chi connectivity index (χ3v) is 13.5. The van der Waals surface area contributed by atoms with Crippen molar-refractivity contribution < 1.29 is 37.8 Å². The van der Waals surface area contributed by atoms with Gasteiger partial charge in [0.05, 0.1) is 70.2 Å². The summed E-state index contributed by atoms with van der Waals surface area (Å²) in [5.41, 5.74) is 8.43. The van der Waals surface area contributed by atoms with Gasteiger partial charge in [0.15, 0.2) is 0 Å². The number of ether oxygens (including phenoxy) is 6. The van der Waals surface area contributed by atoms with E-state index in [9.17, 15) is 4.79 Å². The van der Waals surface area contributed by atoms with Gasteiger partial charge in [-0.2, -0.15) is 4.57 Å². The highest BCUT2D eigenvalue weighted by Gasteiger charge is 2.23. The normalized spacial score (nSPS) is 13.4. The fraction of sp³-hybridized carbons (Fsp3) is 0.382. The van der Waals surface area contributed by atoms with E-state index in [1.807, 2.05) is 76.7 Å². The molecule has 5 aromatic rings. The van der Waals surface area contributed by atoms with Crippen LogP contribution in [0, 0.1) is 13.8 Å². The van der Waals surface area contributed by atoms with E-state index in [0.29, 0.717) is 59.5 Å². The number of hydrogen-bond donors (Lipinski definition) is 0. The zero-order valence-corrected chi connectivity index (χ0v) is 43.3. The number of para-hydroxylation sites is 2. The first-order valence-corrected chi connectivity index (χ1v) is 25.4. The summed E-state index contributed by atoms with van der Waals surface area (Å²) in [7, 11) is 8.05. The Hall–Kier alpha value is -5.45. The standard InChI is InChI=1S/C55H70N5O7S2/c1-9-58-49-19-11-13-21-51(49)68-54(58)23-15-17-46(18-16-24-55-59(10-2)50-20-12-14-22-52(50)69-55)67-38-37-65-34-33-63-30-29-62-31-32-64-35-36-66-41-53(61)60(44-25-27-47(56(5)6)42(3)39-44)45-26-28-48(57(7)8)43(4)40-45/h11-28,39-40H,9-10,29-38,41H2,1-8H3/q+1. The van der Waals surface area contributed by atoms with Crippen molar-refractivity contribution in [2.75, 3.05) is 127 Å². The van der Waals surface area contributed by atoms with Crippen LogP contribution < -0.4 is 24.2 Å². The van der Waals surface area contributed by atoms with E-state index < -0.39 is 0 Å². The lowest BCUT2D eigenvalue weighted by Crippen LogP contribution is -2.33. The van der Waals surface area contributed by atoms with Gasteiger partial charge in [0.25, 0.3) is 10.9 Å². The Morgan fingerprint density at radius 3 is 1.83 bits per heavy atom. The summed E-state index contributed by atoms with van der Waals surface area (Å²) in [6.45, 7) is 14.3. The molecular weight excluding hydrogens is 907 g/mol. The number of thiazole rings is 1. The first kappa shape index (κ1) is 52.9. The minimum Gasteiger partial charge on any atom is -0.491 e. The van der Waals surface area contributed by atoms with Crippen LogP contribution in [-0.4, -0.2) is 113 Å². The van der Waals surface area contributed by atoms with Crippen LogP contribution in [0.4, 0.5) is 28.4 Å². The Balaban J connectivity index is 0.858.